The summed E-state index contributed by atoms with van der Waals surface area (Å²) in [4.78, 5) is 28.3. The fourth-order valence-electron chi connectivity index (χ4n) is 1.86. The lowest BCUT2D eigenvalue weighted by Crippen LogP contribution is -2.07. The van der Waals surface area contributed by atoms with Crippen molar-refractivity contribution in [2.45, 2.75) is 13.3 Å². The van der Waals surface area contributed by atoms with E-state index >= 15 is 0 Å². The van der Waals surface area contributed by atoms with Gasteiger partial charge in [-0.3, -0.25) is 0 Å². The molecule has 0 unspecified atom stereocenters. The molecule has 23 heavy (non-hydrogen) atoms. The maximum atomic E-state index is 11.8. The van der Waals surface area contributed by atoms with Gasteiger partial charge < -0.3 is 9.47 Å². The van der Waals surface area contributed by atoms with Gasteiger partial charge in [0, 0.05) is 17.4 Å². The van der Waals surface area contributed by atoms with E-state index in [2.05, 4.69) is 9.72 Å². The molecule has 0 fully saturated rings. The number of thiazole rings is 1. The van der Waals surface area contributed by atoms with Crippen LogP contribution < -0.4 is 0 Å². The molecule has 0 N–H and O–H groups in total. The van der Waals surface area contributed by atoms with Crippen LogP contribution in [-0.4, -0.2) is 30.6 Å². The van der Waals surface area contributed by atoms with Crippen molar-refractivity contribution in [3.63, 3.8) is 0 Å². The van der Waals surface area contributed by atoms with Crippen LogP contribution in [0.1, 0.15) is 25.9 Å². The summed E-state index contributed by atoms with van der Waals surface area (Å²) in [7, 11) is 1.33. The van der Waals surface area contributed by atoms with E-state index in [-0.39, 0.29) is 12.6 Å². The van der Waals surface area contributed by atoms with Crippen molar-refractivity contribution in [1.29, 1.82) is 0 Å². The number of carbonyl (C=O) groups excluding carboxylic acids is 2. The normalized spacial score (nSPS) is 10.7. The molecular formula is C17H17NO4S. The van der Waals surface area contributed by atoms with E-state index in [9.17, 15) is 9.59 Å². The molecule has 1 aromatic carbocycles. The highest BCUT2D eigenvalue weighted by Gasteiger charge is 2.09. The molecule has 120 valence electrons. The van der Waals surface area contributed by atoms with Gasteiger partial charge in [-0.25, -0.2) is 14.6 Å². The highest BCUT2D eigenvalue weighted by molar-refractivity contribution is 7.12. The van der Waals surface area contributed by atoms with Gasteiger partial charge in [-0.2, -0.15) is 0 Å². The second-order valence-corrected chi connectivity index (χ2v) is 5.78. The molecule has 0 spiro atoms. The van der Waals surface area contributed by atoms with Gasteiger partial charge in [0.15, 0.2) is 0 Å². The smallest absolute Gasteiger partial charge is 0.338 e. The molecule has 0 aliphatic heterocycles. The van der Waals surface area contributed by atoms with E-state index in [4.69, 9.17) is 4.74 Å². The Kier molecular flexibility index (Phi) is 6.05. The Bertz CT molecular complexity index is 707. The molecule has 1 aromatic heterocycles. The summed E-state index contributed by atoms with van der Waals surface area (Å²) >= 11 is 1.46. The minimum Gasteiger partial charge on any atom is -0.466 e. The maximum absolute atomic E-state index is 11.8. The fraction of sp³-hybridized carbons (Fsp3) is 0.235. The molecule has 0 aliphatic rings. The molecule has 1 heterocycles. The van der Waals surface area contributed by atoms with Crippen LogP contribution in [0.2, 0.25) is 0 Å². The number of aryl methyl sites for hydroxylation is 1. The zero-order chi connectivity index (χ0) is 16.7. The van der Waals surface area contributed by atoms with Crippen LogP contribution in [0.15, 0.2) is 36.4 Å². The van der Waals surface area contributed by atoms with E-state index in [1.54, 1.807) is 30.3 Å². The van der Waals surface area contributed by atoms with Crippen LogP contribution >= 0.6 is 11.3 Å². The van der Waals surface area contributed by atoms with Gasteiger partial charge in [-0.1, -0.05) is 18.2 Å². The second-order valence-electron chi connectivity index (χ2n) is 4.67. The average Bonchev–Trinajstić information content (AvgIpc) is 2.93. The minimum absolute atomic E-state index is 0.289. The Morgan fingerprint density at radius 2 is 2.00 bits per heavy atom. The molecule has 2 aromatic rings. The largest absolute Gasteiger partial charge is 0.466 e. The third-order valence-electron chi connectivity index (χ3n) is 3.04. The molecule has 0 radical (unpaired) electrons. The molecule has 6 heteroatoms. The van der Waals surface area contributed by atoms with Gasteiger partial charge in [-0.05, 0) is 25.1 Å². The third kappa shape index (κ3) is 5.03. The van der Waals surface area contributed by atoms with Crippen molar-refractivity contribution in [3.05, 3.63) is 57.6 Å². The fourth-order valence-corrected chi connectivity index (χ4v) is 2.80. The monoisotopic (exact) mass is 331 g/mol. The first-order valence-electron chi connectivity index (χ1n) is 7.04. The van der Waals surface area contributed by atoms with Crippen LogP contribution in [0, 0.1) is 6.92 Å². The molecule has 0 amide bonds. The first-order chi connectivity index (χ1) is 11.1. The van der Waals surface area contributed by atoms with Gasteiger partial charge in [0.2, 0.25) is 0 Å². The van der Waals surface area contributed by atoms with Gasteiger partial charge in [-0.15, -0.1) is 11.3 Å². The van der Waals surface area contributed by atoms with Crippen molar-refractivity contribution < 1.29 is 19.1 Å². The number of methoxy groups -OCH3 is 1. The summed E-state index contributed by atoms with van der Waals surface area (Å²) in [6.07, 6.45) is 3.54. The minimum atomic E-state index is -0.420. The Balaban J connectivity index is 1.89. The molecule has 0 saturated carbocycles. The number of ether oxygens (including phenoxy) is 2. The highest BCUT2D eigenvalue weighted by Crippen LogP contribution is 2.20. The first kappa shape index (κ1) is 16.9. The average molecular weight is 331 g/mol. The summed E-state index contributed by atoms with van der Waals surface area (Å²) in [5, 5.41) is 0.720. The molecule has 0 saturated heterocycles. The number of rotatable bonds is 6. The number of carbonyl (C=O) groups is 2. The summed E-state index contributed by atoms with van der Waals surface area (Å²) in [5.41, 5.74) is 1.41. The SMILES string of the molecule is COC(=O)/C=C/c1nc(C)c(CCOC(=O)c2ccccc2)s1. The Morgan fingerprint density at radius 3 is 2.70 bits per heavy atom. The number of nitrogens with zero attached hydrogens (tertiary/aromatic N) is 1. The summed E-state index contributed by atoms with van der Waals surface area (Å²) in [5.74, 6) is -0.755. The summed E-state index contributed by atoms with van der Waals surface area (Å²) < 4.78 is 9.80. The maximum Gasteiger partial charge on any atom is 0.338 e. The van der Waals surface area contributed by atoms with Crippen molar-refractivity contribution in [2.24, 2.45) is 0 Å². The van der Waals surface area contributed by atoms with Crippen molar-refractivity contribution in [3.8, 4) is 0 Å². The van der Waals surface area contributed by atoms with E-state index in [0.29, 0.717) is 12.0 Å². The summed E-state index contributed by atoms with van der Waals surface area (Å²) in [6.45, 7) is 2.18. The van der Waals surface area contributed by atoms with Crippen LogP contribution in [0.3, 0.4) is 0 Å². The third-order valence-corrected chi connectivity index (χ3v) is 4.23. The van der Waals surface area contributed by atoms with Crippen LogP contribution in [0.5, 0.6) is 0 Å². The zero-order valence-electron chi connectivity index (χ0n) is 12.9. The van der Waals surface area contributed by atoms with Crippen LogP contribution in [0.25, 0.3) is 6.08 Å². The van der Waals surface area contributed by atoms with Crippen molar-refractivity contribution >= 4 is 29.4 Å². The standard InChI is InChI=1S/C17H17NO4S/c1-12-14(23-15(18-12)8-9-16(19)21-2)10-11-22-17(20)13-6-4-3-5-7-13/h3-9H,10-11H2,1-2H3/b9-8+. The van der Waals surface area contributed by atoms with Crippen molar-refractivity contribution in [1.82, 2.24) is 4.98 Å². The zero-order valence-corrected chi connectivity index (χ0v) is 13.8. The highest BCUT2D eigenvalue weighted by atomic mass is 32.1. The first-order valence-corrected chi connectivity index (χ1v) is 7.86. The second kappa shape index (κ2) is 8.24. The topological polar surface area (TPSA) is 65.5 Å². The number of hydrogen-bond acceptors (Lipinski definition) is 6. The van der Waals surface area contributed by atoms with E-state index < -0.39 is 5.97 Å². The van der Waals surface area contributed by atoms with E-state index in [1.807, 2.05) is 13.0 Å². The Morgan fingerprint density at radius 1 is 1.26 bits per heavy atom. The van der Waals surface area contributed by atoms with E-state index in [0.717, 1.165) is 15.6 Å². The quantitative estimate of drug-likeness (QED) is 0.601. The van der Waals surface area contributed by atoms with Gasteiger partial charge in [0.25, 0.3) is 0 Å². The summed E-state index contributed by atoms with van der Waals surface area (Å²) in [6, 6.07) is 8.88. The lowest BCUT2D eigenvalue weighted by molar-refractivity contribution is -0.134. The molecular weight excluding hydrogens is 314 g/mol. The lowest BCUT2D eigenvalue weighted by Gasteiger charge is -2.03. The molecule has 0 atom stereocenters. The predicted molar refractivity (Wildman–Crippen MR) is 88.3 cm³/mol. The predicted octanol–water partition coefficient (Wildman–Crippen LogP) is 3.04. The number of benzene rings is 1. The van der Waals surface area contributed by atoms with Crippen LogP contribution in [-0.2, 0) is 20.7 Å². The molecule has 0 bridgehead atoms. The van der Waals surface area contributed by atoms with E-state index in [1.165, 1.54) is 24.5 Å². The van der Waals surface area contributed by atoms with Gasteiger partial charge >= 0.3 is 11.9 Å². The van der Waals surface area contributed by atoms with Gasteiger partial charge in [0.05, 0.1) is 25.0 Å². The Labute approximate surface area is 138 Å². The number of esters is 2. The number of hydrogen-bond donors (Lipinski definition) is 0. The Hall–Kier alpha value is -2.47. The van der Waals surface area contributed by atoms with Crippen molar-refractivity contribution in [2.75, 3.05) is 13.7 Å². The lowest BCUT2D eigenvalue weighted by atomic mass is 10.2. The number of aromatic nitrogens is 1. The molecule has 0 aliphatic carbocycles. The van der Waals surface area contributed by atoms with Crippen LogP contribution in [0.4, 0.5) is 0 Å². The molecule has 5 nitrogen and oxygen atoms in total. The van der Waals surface area contributed by atoms with Gasteiger partial charge in [0.1, 0.15) is 5.01 Å². The molecule has 2 rings (SSSR count).